The molecule has 3 heterocycles. The summed E-state index contributed by atoms with van der Waals surface area (Å²) in [5.74, 6) is 0.965. The molecule has 0 atom stereocenters. The topological polar surface area (TPSA) is 94.2 Å². The zero-order chi connectivity index (χ0) is 25.1. The van der Waals surface area contributed by atoms with E-state index in [9.17, 15) is 9.18 Å². The van der Waals surface area contributed by atoms with Gasteiger partial charge in [-0.15, -0.1) is 0 Å². The van der Waals surface area contributed by atoms with E-state index in [1.54, 1.807) is 24.5 Å². The average molecular weight is 484 g/mol. The Bertz CT molecular complexity index is 1390. The first-order valence-electron chi connectivity index (χ1n) is 11.8. The number of aryl methyl sites for hydroxylation is 1. The summed E-state index contributed by atoms with van der Waals surface area (Å²) in [7, 11) is 0. The third-order valence-corrected chi connectivity index (χ3v) is 6.33. The van der Waals surface area contributed by atoms with Crippen molar-refractivity contribution >= 4 is 11.7 Å². The number of hydrogen-bond acceptors (Lipinski definition) is 6. The zero-order valence-corrected chi connectivity index (χ0v) is 19.9. The van der Waals surface area contributed by atoms with E-state index in [0.717, 1.165) is 45.2 Å². The second kappa shape index (κ2) is 10.1. The molecule has 0 unspecified atom stereocenters. The zero-order valence-electron chi connectivity index (χ0n) is 19.9. The van der Waals surface area contributed by atoms with Gasteiger partial charge in [0, 0.05) is 48.1 Å². The molecule has 0 saturated carbocycles. The monoisotopic (exact) mass is 483 g/mol. The number of amides is 1. The lowest BCUT2D eigenvalue weighted by atomic mass is 10.0. The summed E-state index contributed by atoms with van der Waals surface area (Å²) in [5.41, 5.74) is 11.6. The van der Waals surface area contributed by atoms with Crippen LogP contribution < -0.4 is 15.4 Å². The molecule has 7 nitrogen and oxygen atoms in total. The number of benzene rings is 2. The average Bonchev–Trinajstić information content (AvgIpc) is 3.09. The Morgan fingerprint density at radius 3 is 2.58 bits per heavy atom. The summed E-state index contributed by atoms with van der Waals surface area (Å²) >= 11 is 0. The summed E-state index contributed by atoms with van der Waals surface area (Å²) in [6, 6.07) is 16.2. The summed E-state index contributed by atoms with van der Waals surface area (Å²) in [6.07, 6.45) is 4.32. The minimum Gasteiger partial charge on any atom is -0.491 e. The molecule has 8 heteroatoms. The van der Waals surface area contributed by atoms with Gasteiger partial charge in [0.1, 0.15) is 30.3 Å². The van der Waals surface area contributed by atoms with Gasteiger partial charge in [-0.25, -0.2) is 14.4 Å². The molecule has 0 aliphatic carbocycles. The first kappa shape index (κ1) is 23.4. The number of primary amides is 1. The van der Waals surface area contributed by atoms with Crippen molar-refractivity contribution in [3.8, 4) is 5.75 Å². The standard InChI is InChI=1S/C28H26FN5O2/c1-18-25(14-19-2-6-23(29)7-3-19)28(33-17-32-18)34-10-11-36-26-9-4-20(12-22(26)16-34)13-24-8-5-21(15-31-24)27(30)35/h2-9,12,15,17H,10-11,13-14,16H2,1H3,(H2,30,35). The molecule has 1 aliphatic heterocycles. The van der Waals surface area contributed by atoms with Gasteiger partial charge in [-0.2, -0.15) is 0 Å². The highest BCUT2D eigenvalue weighted by Crippen LogP contribution is 2.30. The van der Waals surface area contributed by atoms with E-state index in [-0.39, 0.29) is 5.82 Å². The van der Waals surface area contributed by atoms with E-state index < -0.39 is 5.91 Å². The van der Waals surface area contributed by atoms with Crippen LogP contribution in [0.25, 0.3) is 0 Å². The quantitative estimate of drug-likeness (QED) is 0.446. The Morgan fingerprint density at radius 1 is 1.03 bits per heavy atom. The van der Waals surface area contributed by atoms with Gasteiger partial charge in [-0.1, -0.05) is 18.2 Å². The number of fused-ring (bicyclic) bond motifs is 1. The number of carbonyl (C=O) groups excluding carboxylic acids is 1. The second-order valence-corrected chi connectivity index (χ2v) is 8.86. The maximum Gasteiger partial charge on any atom is 0.250 e. The lowest BCUT2D eigenvalue weighted by molar-refractivity contribution is 0.1000. The van der Waals surface area contributed by atoms with Crippen LogP contribution in [0.15, 0.2) is 67.1 Å². The van der Waals surface area contributed by atoms with Crippen molar-refractivity contribution in [2.24, 2.45) is 5.73 Å². The van der Waals surface area contributed by atoms with E-state index in [2.05, 4.69) is 25.9 Å². The lowest BCUT2D eigenvalue weighted by Gasteiger charge is -2.24. The predicted molar refractivity (Wildman–Crippen MR) is 135 cm³/mol. The number of halogens is 1. The molecular weight excluding hydrogens is 457 g/mol. The molecule has 1 aliphatic rings. The maximum atomic E-state index is 13.4. The minimum atomic E-state index is -0.491. The highest BCUT2D eigenvalue weighted by atomic mass is 19.1. The smallest absolute Gasteiger partial charge is 0.250 e. The SMILES string of the molecule is Cc1ncnc(N2CCOc3ccc(Cc4ccc(C(N)=O)cn4)cc3C2)c1Cc1ccc(F)cc1. The third-order valence-electron chi connectivity index (χ3n) is 6.33. The molecule has 2 aromatic heterocycles. The van der Waals surface area contributed by atoms with Gasteiger partial charge in [-0.05, 0) is 54.4 Å². The number of nitrogens with zero attached hydrogens (tertiary/aromatic N) is 4. The first-order valence-corrected chi connectivity index (χ1v) is 11.8. The van der Waals surface area contributed by atoms with E-state index in [4.69, 9.17) is 10.5 Å². The summed E-state index contributed by atoms with van der Waals surface area (Å²) in [5, 5.41) is 0. The molecule has 0 fully saturated rings. The molecule has 36 heavy (non-hydrogen) atoms. The van der Waals surface area contributed by atoms with Crippen molar-refractivity contribution in [2.45, 2.75) is 26.3 Å². The van der Waals surface area contributed by atoms with Crippen molar-refractivity contribution < 1.29 is 13.9 Å². The molecule has 2 aromatic carbocycles. The van der Waals surface area contributed by atoms with Gasteiger partial charge in [0.2, 0.25) is 5.91 Å². The molecule has 0 radical (unpaired) electrons. The predicted octanol–water partition coefficient (Wildman–Crippen LogP) is 4.00. The minimum absolute atomic E-state index is 0.254. The van der Waals surface area contributed by atoms with Gasteiger partial charge in [0.05, 0.1) is 12.1 Å². The normalized spacial score (nSPS) is 13.0. The number of anilines is 1. The van der Waals surface area contributed by atoms with Crippen LogP contribution in [0.2, 0.25) is 0 Å². The van der Waals surface area contributed by atoms with Gasteiger partial charge in [-0.3, -0.25) is 9.78 Å². The summed E-state index contributed by atoms with van der Waals surface area (Å²) in [4.78, 5) is 27.0. The largest absolute Gasteiger partial charge is 0.491 e. The van der Waals surface area contributed by atoms with Crippen molar-refractivity contribution in [3.05, 3.63) is 112 Å². The van der Waals surface area contributed by atoms with Crippen LogP contribution in [-0.4, -0.2) is 34.0 Å². The molecule has 1 amide bonds. The van der Waals surface area contributed by atoms with Crippen molar-refractivity contribution in [3.63, 3.8) is 0 Å². The third kappa shape index (κ3) is 5.17. The molecule has 0 bridgehead atoms. The Morgan fingerprint density at radius 2 is 1.83 bits per heavy atom. The molecule has 5 rings (SSSR count). The number of pyridine rings is 1. The van der Waals surface area contributed by atoms with E-state index in [1.807, 2.05) is 25.1 Å². The Hall–Kier alpha value is -4.33. The fraction of sp³-hybridized carbons (Fsp3) is 0.214. The number of ether oxygens (including phenoxy) is 1. The Labute approximate surface area is 208 Å². The number of nitrogens with two attached hydrogens (primary N) is 1. The van der Waals surface area contributed by atoms with Crippen molar-refractivity contribution in [2.75, 3.05) is 18.1 Å². The van der Waals surface area contributed by atoms with Crippen LogP contribution in [0.3, 0.4) is 0 Å². The van der Waals surface area contributed by atoms with Crippen LogP contribution in [0, 0.1) is 12.7 Å². The van der Waals surface area contributed by atoms with Crippen molar-refractivity contribution in [1.82, 2.24) is 15.0 Å². The van der Waals surface area contributed by atoms with Crippen LogP contribution in [-0.2, 0) is 19.4 Å². The Balaban J connectivity index is 1.40. The fourth-order valence-electron chi connectivity index (χ4n) is 4.40. The fourth-order valence-corrected chi connectivity index (χ4v) is 4.40. The first-order chi connectivity index (χ1) is 17.5. The van der Waals surface area contributed by atoms with E-state index in [1.165, 1.54) is 18.3 Å². The molecule has 182 valence electrons. The van der Waals surface area contributed by atoms with Crippen LogP contribution in [0.1, 0.15) is 44.0 Å². The van der Waals surface area contributed by atoms with Crippen LogP contribution >= 0.6 is 0 Å². The lowest BCUT2D eigenvalue weighted by Crippen LogP contribution is -2.28. The van der Waals surface area contributed by atoms with Gasteiger partial charge >= 0.3 is 0 Å². The number of hydrogen-bond donors (Lipinski definition) is 1. The Kier molecular flexibility index (Phi) is 6.58. The van der Waals surface area contributed by atoms with Crippen LogP contribution in [0.5, 0.6) is 5.75 Å². The van der Waals surface area contributed by atoms with E-state index >= 15 is 0 Å². The molecule has 4 aromatic rings. The van der Waals surface area contributed by atoms with Gasteiger partial charge in [0.15, 0.2) is 0 Å². The maximum absolute atomic E-state index is 13.4. The number of carbonyl (C=O) groups is 1. The molecule has 0 spiro atoms. The van der Waals surface area contributed by atoms with Crippen LogP contribution in [0.4, 0.5) is 10.2 Å². The van der Waals surface area contributed by atoms with Crippen molar-refractivity contribution in [1.29, 1.82) is 0 Å². The second-order valence-electron chi connectivity index (χ2n) is 8.86. The highest BCUT2D eigenvalue weighted by molar-refractivity contribution is 5.92. The molecular formula is C28H26FN5O2. The summed E-state index contributed by atoms with van der Waals surface area (Å²) < 4.78 is 19.5. The summed E-state index contributed by atoms with van der Waals surface area (Å²) in [6.45, 7) is 3.81. The number of rotatable bonds is 6. The van der Waals surface area contributed by atoms with E-state index in [0.29, 0.717) is 38.1 Å². The van der Waals surface area contributed by atoms with Gasteiger partial charge in [0.25, 0.3) is 0 Å². The number of aromatic nitrogens is 3. The highest BCUT2D eigenvalue weighted by Gasteiger charge is 2.21. The van der Waals surface area contributed by atoms with Gasteiger partial charge < -0.3 is 15.4 Å². The molecule has 0 saturated heterocycles. The molecule has 2 N–H and O–H groups in total.